The van der Waals surface area contributed by atoms with Gasteiger partial charge in [-0.15, -0.1) is 0 Å². The summed E-state index contributed by atoms with van der Waals surface area (Å²) < 4.78 is 0. The van der Waals surface area contributed by atoms with Gasteiger partial charge in [-0.2, -0.15) is 0 Å². The molecule has 0 fully saturated rings. The van der Waals surface area contributed by atoms with Crippen molar-refractivity contribution in [1.29, 1.82) is 0 Å². The van der Waals surface area contributed by atoms with E-state index in [1.165, 1.54) is 0 Å². The molecule has 16 heavy (non-hydrogen) atoms. The largest absolute Gasteiger partial charge is 0.395 e. The first-order chi connectivity index (χ1) is 7.72. The van der Waals surface area contributed by atoms with E-state index in [0.29, 0.717) is 6.54 Å². The maximum absolute atomic E-state index is 8.87. The van der Waals surface area contributed by atoms with Crippen LogP contribution in [-0.4, -0.2) is 48.4 Å². The van der Waals surface area contributed by atoms with E-state index in [-0.39, 0.29) is 6.61 Å². The van der Waals surface area contributed by atoms with E-state index in [0.717, 1.165) is 24.7 Å². The molecule has 0 unspecified atom stereocenters. The summed E-state index contributed by atoms with van der Waals surface area (Å²) in [6.45, 7) is 6.76. The predicted octanol–water partition coefficient (Wildman–Crippen LogP) is 0.751. The molecule has 0 aromatic carbocycles. The zero-order valence-corrected chi connectivity index (χ0v) is 10.2. The van der Waals surface area contributed by atoms with Crippen LogP contribution >= 0.6 is 0 Å². The molecule has 1 N–H and O–H groups in total. The first kappa shape index (κ1) is 12.7. The fourth-order valence-corrected chi connectivity index (χ4v) is 1.53. The summed E-state index contributed by atoms with van der Waals surface area (Å²) in [4.78, 5) is 12.5. The highest BCUT2D eigenvalue weighted by Crippen LogP contribution is 2.15. The van der Waals surface area contributed by atoms with Gasteiger partial charge in [-0.3, -0.25) is 0 Å². The molecule has 0 saturated heterocycles. The number of aromatic nitrogens is 2. The molecule has 1 rings (SSSR count). The minimum Gasteiger partial charge on any atom is -0.395 e. The molecule has 0 spiro atoms. The van der Waals surface area contributed by atoms with Crippen molar-refractivity contribution < 1.29 is 5.11 Å². The summed E-state index contributed by atoms with van der Waals surface area (Å²) in [6, 6.07) is 1.95. The topological polar surface area (TPSA) is 52.5 Å². The van der Waals surface area contributed by atoms with Crippen LogP contribution in [0, 0.1) is 0 Å². The molecule has 1 heterocycles. The van der Waals surface area contributed by atoms with Crippen LogP contribution in [0.5, 0.6) is 0 Å². The number of rotatable bonds is 6. The average molecular weight is 224 g/mol. The lowest BCUT2D eigenvalue weighted by Gasteiger charge is -2.22. The average Bonchev–Trinajstić information content (AvgIpc) is 2.31. The third kappa shape index (κ3) is 3.06. The van der Waals surface area contributed by atoms with Gasteiger partial charge in [0, 0.05) is 32.7 Å². The Labute approximate surface area is 96.7 Å². The molecule has 0 bridgehead atoms. The van der Waals surface area contributed by atoms with Gasteiger partial charge in [-0.05, 0) is 13.8 Å². The van der Waals surface area contributed by atoms with E-state index in [2.05, 4.69) is 28.7 Å². The summed E-state index contributed by atoms with van der Waals surface area (Å²) in [7, 11) is 1.91. The van der Waals surface area contributed by atoms with E-state index >= 15 is 0 Å². The Kier molecular flexibility index (Phi) is 4.98. The van der Waals surface area contributed by atoms with Crippen molar-refractivity contribution in [3.05, 3.63) is 12.4 Å². The summed E-state index contributed by atoms with van der Waals surface area (Å²) in [5.41, 5.74) is 0. The molecule has 0 atom stereocenters. The molecule has 0 radical (unpaired) electrons. The van der Waals surface area contributed by atoms with E-state index in [1.807, 2.05) is 18.0 Å². The smallest absolute Gasteiger partial charge is 0.134 e. The van der Waals surface area contributed by atoms with Crippen LogP contribution in [0.1, 0.15) is 13.8 Å². The third-order valence-electron chi connectivity index (χ3n) is 2.55. The number of hydrogen-bond donors (Lipinski definition) is 1. The van der Waals surface area contributed by atoms with Crippen molar-refractivity contribution in [3.8, 4) is 0 Å². The van der Waals surface area contributed by atoms with Gasteiger partial charge in [0.1, 0.15) is 18.0 Å². The van der Waals surface area contributed by atoms with Gasteiger partial charge in [-0.1, -0.05) is 0 Å². The summed E-state index contributed by atoms with van der Waals surface area (Å²) in [5.74, 6) is 1.77. The van der Waals surface area contributed by atoms with Crippen LogP contribution in [-0.2, 0) is 0 Å². The van der Waals surface area contributed by atoms with Crippen LogP contribution in [0.3, 0.4) is 0 Å². The number of nitrogens with zero attached hydrogens (tertiary/aromatic N) is 4. The highest BCUT2D eigenvalue weighted by molar-refractivity contribution is 5.49. The molecule has 90 valence electrons. The summed E-state index contributed by atoms with van der Waals surface area (Å²) >= 11 is 0. The molecule has 0 aliphatic carbocycles. The van der Waals surface area contributed by atoms with Gasteiger partial charge in [0.25, 0.3) is 0 Å². The molecule has 1 aromatic rings. The second-order valence-electron chi connectivity index (χ2n) is 3.55. The van der Waals surface area contributed by atoms with Crippen LogP contribution in [0.4, 0.5) is 11.6 Å². The summed E-state index contributed by atoms with van der Waals surface area (Å²) in [6.07, 6.45) is 1.57. The lowest BCUT2D eigenvalue weighted by atomic mass is 10.4. The number of anilines is 2. The van der Waals surface area contributed by atoms with E-state index < -0.39 is 0 Å². The molecule has 5 heteroatoms. The first-order valence-electron chi connectivity index (χ1n) is 5.61. The minimum atomic E-state index is 0.126. The predicted molar refractivity (Wildman–Crippen MR) is 65.9 cm³/mol. The molecule has 0 aliphatic rings. The van der Waals surface area contributed by atoms with E-state index in [1.54, 1.807) is 6.33 Å². The number of aliphatic hydroxyl groups excluding tert-OH is 1. The highest BCUT2D eigenvalue weighted by atomic mass is 16.3. The van der Waals surface area contributed by atoms with Crippen molar-refractivity contribution >= 4 is 11.6 Å². The Bertz CT molecular complexity index is 315. The molecular weight excluding hydrogens is 204 g/mol. The molecule has 1 aromatic heterocycles. The van der Waals surface area contributed by atoms with Gasteiger partial charge in [0.15, 0.2) is 0 Å². The number of likely N-dealkylation sites (N-methyl/N-ethyl adjacent to an activating group) is 1. The second-order valence-corrected chi connectivity index (χ2v) is 3.55. The zero-order valence-electron chi connectivity index (χ0n) is 10.2. The van der Waals surface area contributed by atoms with Gasteiger partial charge < -0.3 is 14.9 Å². The van der Waals surface area contributed by atoms with Gasteiger partial charge >= 0.3 is 0 Å². The van der Waals surface area contributed by atoms with Crippen molar-refractivity contribution in [2.24, 2.45) is 0 Å². The van der Waals surface area contributed by atoms with Crippen LogP contribution < -0.4 is 9.80 Å². The van der Waals surface area contributed by atoms with Crippen molar-refractivity contribution in [2.45, 2.75) is 13.8 Å². The highest BCUT2D eigenvalue weighted by Gasteiger charge is 2.07. The zero-order chi connectivity index (χ0) is 12.0. The van der Waals surface area contributed by atoms with Gasteiger partial charge in [-0.25, -0.2) is 9.97 Å². The Morgan fingerprint density at radius 1 is 1.19 bits per heavy atom. The van der Waals surface area contributed by atoms with Gasteiger partial charge in [0.05, 0.1) is 6.61 Å². The monoisotopic (exact) mass is 224 g/mol. The molecule has 0 saturated carbocycles. The minimum absolute atomic E-state index is 0.126. The van der Waals surface area contributed by atoms with Crippen LogP contribution in [0.2, 0.25) is 0 Å². The lowest BCUT2D eigenvalue weighted by Crippen LogP contribution is -2.25. The number of aliphatic hydroxyl groups is 1. The molecule has 5 nitrogen and oxygen atoms in total. The first-order valence-corrected chi connectivity index (χ1v) is 5.61. The van der Waals surface area contributed by atoms with Crippen molar-refractivity contribution in [3.63, 3.8) is 0 Å². The standard InChI is InChI=1S/C11H20N4O/c1-4-15(5-2)11-8-10(12-9-13-11)14(3)6-7-16/h8-9,16H,4-7H2,1-3H3. The molecule has 0 aliphatic heterocycles. The maximum atomic E-state index is 8.87. The normalized spacial score (nSPS) is 10.2. The van der Waals surface area contributed by atoms with Crippen molar-refractivity contribution in [2.75, 3.05) is 43.1 Å². The maximum Gasteiger partial charge on any atom is 0.134 e. The Morgan fingerprint density at radius 2 is 1.81 bits per heavy atom. The third-order valence-corrected chi connectivity index (χ3v) is 2.55. The number of hydrogen-bond acceptors (Lipinski definition) is 5. The quantitative estimate of drug-likeness (QED) is 0.773. The van der Waals surface area contributed by atoms with Crippen LogP contribution in [0.15, 0.2) is 12.4 Å². The Morgan fingerprint density at radius 3 is 2.38 bits per heavy atom. The Hall–Kier alpha value is -1.36. The van der Waals surface area contributed by atoms with Gasteiger partial charge in [0.2, 0.25) is 0 Å². The molecular formula is C11H20N4O. The van der Waals surface area contributed by atoms with E-state index in [9.17, 15) is 0 Å². The fraction of sp³-hybridized carbons (Fsp3) is 0.636. The second kappa shape index (κ2) is 6.27. The van der Waals surface area contributed by atoms with Crippen molar-refractivity contribution in [1.82, 2.24) is 9.97 Å². The van der Waals surface area contributed by atoms with Crippen LogP contribution in [0.25, 0.3) is 0 Å². The van der Waals surface area contributed by atoms with E-state index in [4.69, 9.17) is 5.11 Å². The lowest BCUT2D eigenvalue weighted by molar-refractivity contribution is 0.304. The molecule has 0 amide bonds. The SMILES string of the molecule is CCN(CC)c1cc(N(C)CCO)ncn1. The fourth-order valence-electron chi connectivity index (χ4n) is 1.53. The Balaban J connectivity index is 2.85. The summed E-state index contributed by atoms with van der Waals surface area (Å²) in [5, 5.41) is 8.87.